The van der Waals surface area contributed by atoms with E-state index in [2.05, 4.69) is 9.82 Å². The molecular weight excluding hydrogens is 410 g/mol. The third-order valence-electron chi connectivity index (χ3n) is 4.99. The van der Waals surface area contributed by atoms with Crippen LogP contribution in [0.25, 0.3) is 0 Å². The molecule has 1 aromatic carbocycles. The summed E-state index contributed by atoms with van der Waals surface area (Å²) in [7, 11) is -3.89. The van der Waals surface area contributed by atoms with Gasteiger partial charge in [-0.05, 0) is 18.4 Å². The number of rotatable bonds is 9. The highest BCUT2D eigenvalue weighted by Gasteiger charge is 2.30. The second-order valence-electron chi connectivity index (χ2n) is 7.36. The van der Waals surface area contributed by atoms with Crippen LogP contribution in [0.1, 0.15) is 59.1 Å². The minimum Gasteiger partial charge on any atom is -0.476 e. The van der Waals surface area contributed by atoms with Crippen molar-refractivity contribution < 1.29 is 27.9 Å². The first-order chi connectivity index (χ1) is 14.2. The van der Waals surface area contributed by atoms with Crippen molar-refractivity contribution in [3.05, 3.63) is 53.3 Å². The van der Waals surface area contributed by atoms with Gasteiger partial charge in [0.2, 0.25) is 10.0 Å². The van der Waals surface area contributed by atoms with Gasteiger partial charge in [0.1, 0.15) is 5.69 Å². The Hall–Kier alpha value is -2.56. The standard InChI is InChI=1S/C20H25N3O6S/c1-14(24)18-11-17(20(25)26)21-23(18)13-30(27,28)22-16-9-5-6-10-19(16)29-12-15-7-3-2-4-8-15/h2-4,7-8,11,16,19,22H,5-6,9-10,12-13H2,1H3,(H,25,26)/t16-,19-/m0/s1. The highest BCUT2D eigenvalue weighted by atomic mass is 32.2. The van der Waals surface area contributed by atoms with Gasteiger partial charge < -0.3 is 9.84 Å². The molecule has 0 bridgehead atoms. The minimum absolute atomic E-state index is 0.0710. The van der Waals surface area contributed by atoms with Crippen molar-refractivity contribution in [2.45, 2.75) is 57.2 Å². The molecule has 1 aromatic heterocycles. The van der Waals surface area contributed by atoms with E-state index in [9.17, 15) is 18.0 Å². The van der Waals surface area contributed by atoms with Gasteiger partial charge in [0.25, 0.3) is 0 Å². The maximum absolute atomic E-state index is 12.8. The summed E-state index contributed by atoms with van der Waals surface area (Å²) in [6.07, 6.45) is 2.93. The lowest BCUT2D eigenvalue weighted by atomic mass is 9.93. The van der Waals surface area contributed by atoms with E-state index < -0.39 is 33.7 Å². The number of sulfonamides is 1. The predicted octanol–water partition coefficient (Wildman–Crippen LogP) is 2.19. The molecule has 2 aromatic rings. The van der Waals surface area contributed by atoms with Gasteiger partial charge in [-0.15, -0.1) is 0 Å². The zero-order valence-corrected chi connectivity index (χ0v) is 17.5. The molecule has 0 unspecified atom stereocenters. The molecule has 2 atom stereocenters. The second-order valence-corrected chi connectivity index (χ2v) is 9.09. The number of benzene rings is 1. The topological polar surface area (TPSA) is 128 Å². The molecule has 1 saturated carbocycles. The first-order valence-electron chi connectivity index (χ1n) is 9.73. The number of carboxylic acid groups (broad SMARTS) is 1. The van der Waals surface area contributed by atoms with Crippen LogP contribution in [-0.4, -0.2) is 47.2 Å². The number of hydrogen-bond acceptors (Lipinski definition) is 6. The van der Waals surface area contributed by atoms with Gasteiger partial charge in [-0.1, -0.05) is 43.2 Å². The number of nitrogens with one attached hydrogen (secondary N) is 1. The van der Waals surface area contributed by atoms with E-state index in [0.29, 0.717) is 13.0 Å². The molecule has 1 heterocycles. The lowest BCUT2D eigenvalue weighted by molar-refractivity contribution is -0.0000208. The average molecular weight is 436 g/mol. The first kappa shape index (κ1) is 22.1. The number of carbonyl (C=O) groups is 2. The molecule has 0 amide bonds. The van der Waals surface area contributed by atoms with Crippen LogP contribution in [0.15, 0.2) is 36.4 Å². The number of carbonyl (C=O) groups excluding carboxylic acids is 1. The Morgan fingerprint density at radius 2 is 1.93 bits per heavy atom. The van der Waals surface area contributed by atoms with Crippen molar-refractivity contribution in [3.63, 3.8) is 0 Å². The summed E-state index contributed by atoms with van der Waals surface area (Å²) in [5, 5.41) is 12.8. The van der Waals surface area contributed by atoms with Crippen LogP contribution in [0.2, 0.25) is 0 Å². The molecule has 0 spiro atoms. The van der Waals surface area contributed by atoms with E-state index in [1.165, 1.54) is 6.92 Å². The Kier molecular flexibility index (Phi) is 7.01. The highest BCUT2D eigenvalue weighted by molar-refractivity contribution is 7.88. The number of ether oxygens (including phenoxy) is 1. The second kappa shape index (κ2) is 9.50. The van der Waals surface area contributed by atoms with Crippen LogP contribution in [0.5, 0.6) is 0 Å². The minimum atomic E-state index is -3.89. The summed E-state index contributed by atoms with van der Waals surface area (Å²) in [5.74, 6) is -2.44. The summed E-state index contributed by atoms with van der Waals surface area (Å²) >= 11 is 0. The van der Waals surface area contributed by atoms with E-state index in [1.807, 2.05) is 30.3 Å². The van der Waals surface area contributed by atoms with E-state index in [-0.39, 0.29) is 17.5 Å². The van der Waals surface area contributed by atoms with Crippen molar-refractivity contribution in [3.8, 4) is 0 Å². The predicted molar refractivity (Wildman–Crippen MR) is 109 cm³/mol. The van der Waals surface area contributed by atoms with Crippen LogP contribution in [-0.2, 0) is 27.2 Å². The SMILES string of the molecule is CC(=O)c1cc(C(=O)O)nn1CS(=O)(=O)N[C@H]1CCCC[C@@H]1OCc1ccccc1. The van der Waals surface area contributed by atoms with Gasteiger partial charge in [0, 0.05) is 19.0 Å². The Bertz CT molecular complexity index is 1000. The quantitative estimate of drug-likeness (QED) is 0.578. The van der Waals surface area contributed by atoms with Gasteiger partial charge in [-0.3, -0.25) is 4.79 Å². The number of nitrogens with zero attached hydrogens (tertiary/aromatic N) is 2. The monoisotopic (exact) mass is 435 g/mol. The molecule has 162 valence electrons. The molecular formula is C20H25N3O6S. The summed E-state index contributed by atoms with van der Waals surface area (Å²) in [6.45, 7) is 1.62. The third-order valence-corrected chi connectivity index (χ3v) is 6.24. The lowest BCUT2D eigenvalue weighted by Gasteiger charge is -2.32. The van der Waals surface area contributed by atoms with Gasteiger partial charge in [0.15, 0.2) is 17.4 Å². The number of hydrogen-bond donors (Lipinski definition) is 2. The van der Waals surface area contributed by atoms with Crippen molar-refractivity contribution in [2.24, 2.45) is 0 Å². The molecule has 1 aliphatic rings. The van der Waals surface area contributed by atoms with Crippen LogP contribution < -0.4 is 4.72 Å². The van der Waals surface area contributed by atoms with Crippen LogP contribution in [0.4, 0.5) is 0 Å². The molecule has 0 saturated heterocycles. The van der Waals surface area contributed by atoms with E-state index in [1.54, 1.807) is 0 Å². The summed E-state index contributed by atoms with van der Waals surface area (Å²) < 4.78 is 35.1. The van der Waals surface area contributed by atoms with Crippen LogP contribution in [0, 0.1) is 0 Å². The normalized spacial score (nSPS) is 19.5. The van der Waals surface area contributed by atoms with Crippen molar-refractivity contribution >= 4 is 21.8 Å². The van der Waals surface area contributed by atoms with Crippen molar-refractivity contribution in [1.82, 2.24) is 14.5 Å². The maximum Gasteiger partial charge on any atom is 0.356 e. The van der Waals surface area contributed by atoms with Crippen LogP contribution >= 0.6 is 0 Å². The van der Waals surface area contributed by atoms with E-state index in [4.69, 9.17) is 9.84 Å². The van der Waals surface area contributed by atoms with Gasteiger partial charge in [-0.2, -0.15) is 5.10 Å². The number of ketones is 1. The third kappa shape index (κ3) is 5.74. The maximum atomic E-state index is 12.8. The van der Waals surface area contributed by atoms with Crippen molar-refractivity contribution in [1.29, 1.82) is 0 Å². The Morgan fingerprint density at radius 3 is 2.60 bits per heavy atom. The fraction of sp³-hybridized carbons (Fsp3) is 0.450. The summed E-state index contributed by atoms with van der Waals surface area (Å²) in [5.41, 5.74) is 0.559. The van der Waals surface area contributed by atoms with Gasteiger partial charge >= 0.3 is 5.97 Å². The van der Waals surface area contributed by atoms with Gasteiger partial charge in [0.05, 0.1) is 12.7 Å². The molecule has 0 radical (unpaired) electrons. The first-order valence-corrected chi connectivity index (χ1v) is 11.4. The number of carboxylic acids is 1. The zero-order valence-electron chi connectivity index (χ0n) is 16.7. The van der Waals surface area contributed by atoms with E-state index >= 15 is 0 Å². The van der Waals surface area contributed by atoms with Gasteiger partial charge in [-0.25, -0.2) is 22.6 Å². The van der Waals surface area contributed by atoms with Crippen molar-refractivity contribution in [2.75, 3.05) is 0 Å². The summed E-state index contributed by atoms with van der Waals surface area (Å²) in [4.78, 5) is 22.9. The van der Waals surface area contributed by atoms with E-state index in [0.717, 1.165) is 35.6 Å². The largest absolute Gasteiger partial charge is 0.476 e. The molecule has 1 fully saturated rings. The molecule has 3 rings (SSSR count). The number of aromatic carboxylic acids is 1. The Balaban J connectivity index is 1.70. The molecule has 9 nitrogen and oxygen atoms in total. The molecule has 2 N–H and O–H groups in total. The fourth-order valence-corrected chi connectivity index (χ4v) is 4.86. The van der Waals surface area contributed by atoms with Crippen LogP contribution in [0.3, 0.4) is 0 Å². The smallest absolute Gasteiger partial charge is 0.356 e. The zero-order chi connectivity index (χ0) is 21.7. The Morgan fingerprint density at radius 1 is 1.23 bits per heavy atom. The highest BCUT2D eigenvalue weighted by Crippen LogP contribution is 2.23. The molecule has 10 heteroatoms. The fourth-order valence-electron chi connectivity index (χ4n) is 3.54. The summed E-state index contributed by atoms with van der Waals surface area (Å²) in [6, 6.07) is 10.3. The number of aromatic nitrogens is 2. The molecule has 30 heavy (non-hydrogen) atoms. The number of Topliss-reactive ketones (excluding diaryl/α,β-unsaturated/α-hetero) is 1. The molecule has 1 aliphatic carbocycles. The average Bonchev–Trinajstić information content (AvgIpc) is 3.11. The molecule has 0 aliphatic heterocycles. The lowest BCUT2D eigenvalue weighted by Crippen LogP contribution is -2.47. The Labute approximate surface area is 175 Å².